The number of benzene rings is 1. The maximum atomic E-state index is 2.87. The zero-order chi connectivity index (χ0) is 10.8. The van der Waals surface area contributed by atoms with Crippen molar-refractivity contribution in [1.29, 1.82) is 0 Å². The van der Waals surface area contributed by atoms with Crippen LogP contribution >= 0.6 is 18.5 Å². The SMILES string of the molecule is CC(C)(C)c1ccc(C(P)CP)cc1. The van der Waals surface area contributed by atoms with Gasteiger partial charge in [0.25, 0.3) is 0 Å². The first kappa shape index (κ1) is 12.2. The Bertz CT molecular complexity index is 282. The molecule has 78 valence electrons. The monoisotopic (exact) mass is 226 g/mol. The molecule has 0 amide bonds. The lowest BCUT2D eigenvalue weighted by Gasteiger charge is -2.20. The van der Waals surface area contributed by atoms with E-state index in [1.165, 1.54) is 11.1 Å². The molecule has 0 spiro atoms. The predicted molar refractivity (Wildman–Crippen MR) is 72.2 cm³/mol. The third-order valence-electron chi connectivity index (χ3n) is 2.46. The minimum absolute atomic E-state index is 0.260. The van der Waals surface area contributed by atoms with E-state index in [0.29, 0.717) is 5.66 Å². The molecule has 0 fully saturated rings. The maximum Gasteiger partial charge on any atom is 0.00198 e. The molecule has 2 heteroatoms. The molecule has 0 nitrogen and oxygen atoms in total. The Morgan fingerprint density at radius 2 is 1.64 bits per heavy atom. The molecular formula is C12H20P2. The Kier molecular flexibility index (Phi) is 4.11. The molecule has 0 aliphatic carbocycles. The summed E-state index contributed by atoms with van der Waals surface area (Å²) in [6.07, 6.45) is 1.10. The van der Waals surface area contributed by atoms with Crippen LogP contribution in [0.25, 0.3) is 0 Å². The highest BCUT2D eigenvalue weighted by molar-refractivity contribution is 7.22. The topological polar surface area (TPSA) is 0 Å². The van der Waals surface area contributed by atoms with Crippen molar-refractivity contribution in [1.82, 2.24) is 0 Å². The lowest BCUT2D eigenvalue weighted by molar-refractivity contribution is 0.590. The van der Waals surface area contributed by atoms with Crippen molar-refractivity contribution in [2.45, 2.75) is 31.8 Å². The summed E-state index contributed by atoms with van der Waals surface area (Å²) in [5, 5.41) is 0. The van der Waals surface area contributed by atoms with Crippen LogP contribution in [0.5, 0.6) is 0 Å². The van der Waals surface area contributed by atoms with Gasteiger partial charge in [-0.2, -0.15) is 0 Å². The molecule has 0 bridgehead atoms. The Morgan fingerprint density at radius 3 is 2.00 bits per heavy atom. The molecule has 1 rings (SSSR count). The number of rotatable bonds is 2. The fraction of sp³-hybridized carbons (Fsp3) is 0.500. The highest BCUT2D eigenvalue weighted by Crippen LogP contribution is 2.28. The van der Waals surface area contributed by atoms with Crippen LogP contribution in [0.3, 0.4) is 0 Å². The van der Waals surface area contributed by atoms with Crippen LogP contribution < -0.4 is 0 Å². The second-order valence-corrected chi connectivity index (χ2v) is 5.99. The molecule has 1 aromatic carbocycles. The van der Waals surface area contributed by atoms with E-state index >= 15 is 0 Å². The van der Waals surface area contributed by atoms with Crippen molar-refractivity contribution in [3.05, 3.63) is 35.4 Å². The molecule has 0 heterocycles. The highest BCUT2D eigenvalue weighted by Gasteiger charge is 2.13. The summed E-state index contributed by atoms with van der Waals surface area (Å²) in [5.41, 5.74) is 3.63. The van der Waals surface area contributed by atoms with Gasteiger partial charge in [0.2, 0.25) is 0 Å². The second kappa shape index (κ2) is 4.73. The highest BCUT2D eigenvalue weighted by atomic mass is 31.0. The third-order valence-corrected chi connectivity index (χ3v) is 4.17. The van der Waals surface area contributed by atoms with Crippen molar-refractivity contribution in [3.63, 3.8) is 0 Å². The van der Waals surface area contributed by atoms with Gasteiger partial charge in [-0.3, -0.25) is 0 Å². The summed E-state index contributed by atoms with van der Waals surface area (Å²) >= 11 is 0. The van der Waals surface area contributed by atoms with Crippen LogP contribution in [0.15, 0.2) is 24.3 Å². The summed E-state index contributed by atoms with van der Waals surface area (Å²) in [6.45, 7) is 6.74. The zero-order valence-electron chi connectivity index (χ0n) is 9.25. The van der Waals surface area contributed by atoms with Crippen LogP contribution in [0.1, 0.15) is 37.6 Å². The molecule has 3 atom stereocenters. The quantitative estimate of drug-likeness (QED) is 0.673. The third kappa shape index (κ3) is 3.04. The van der Waals surface area contributed by atoms with Gasteiger partial charge in [-0.15, -0.1) is 18.5 Å². The van der Waals surface area contributed by atoms with E-state index in [0.717, 1.165) is 6.16 Å². The molecule has 1 aromatic rings. The first-order valence-electron chi connectivity index (χ1n) is 5.01. The lowest BCUT2D eigenvalue weighted by Crippen LogP contribution is -2.10. The van der Waals surface area contributed by atoms with Gasteiger partial charge in [0, 0.05) is 5.66 Å². The van der Waals surface area contributed by atoms with Gasteiger partial charge in [-0.25, -0.2) is 0 Å². The molecule has 0 aliphatic rings. The average molecular weight is 226 g/mol. The van der Waals surface area contributed by atoms with Crippen LogP contribution in [0.4, 0.5) is 0 Å². The Balaban J connectivity index is 2.89. The van der Waals surface area contributed by atoms with Crippen molar-refractivity contribution in [2.75, 3.05) is 6.16 Å². The first-order valence-corrected chi connectivity index (χ1v) is 6.49. The van der Waals surface area contributed by atoms with Crippen LogP contribution in [0.2, 0.25) is 0 Å². The fourth-order valence-electron chi connectivity index (χ4n) is 1.37. The minimum Gasteiger partial charge on any atom is -0.137 e. The minimum atomic E-state index is 0.260. The molecule has 0 radical (unpaired) electrons. The van der Waals surface area contributed by atoms with Crippen molar-refractivity contribution < 1.29 is 0 Å². The molecule has 0 aromatic heterocycles. The van der Waals surface area contributed by atoms with E-state index in [-0.39, 0.29) is 5.41 Å². The molecular weight excluding hydrogens is 206 g/mol. The standard InChI is InChI=1S/C12H20P2/c1-12(2,3)10-6-4-9(5-7-10)11(14)8-13/h4-7,11H,8,13-14H2,1-3H3. The summed E-state index contributed by atoms with van der Waals surface area (Å²) in [7, 11) is 5.66. The van der Waals surface area contributed by atoms with Gasteiger partial charge in [0.15, 0.2) is 0 Å². The van der Waals surface area contributed by atoms with Gasteiger partial charge in [-0.1, -0.05) is 45.0 Å². The van der Waals surface area contributed by atoms with Crippen molar-refractivity contribution in [3.8, 4) is 0 Å². The maximum absolute atomic E-state index is 2.87. The van der Waals surface area contributed by atoms with Crippen LogP contribution in [-0.2, 0) is 5.41 Å². The number of hydrogen-bond acceptors (Lipinski definition) is 0. The Morgan fingerprint density at radius 1 is 1.14 bits per heavy atom. The van der Waals surface area contributed by atoms with E-state index in [9.17, 15) is 0 Å². The van der Waals surface area contributed by atoms with E-state index < -0.39 is 0 Å². The van der Waals surface area contributed by atoms with Gasteiger partial charge < -0.3 is 0 Å². The van der Waals surface area contributed by atoms with Gasteiger partial charge in [0.05, 0.1) is 0 Å². The molecule has 0 aliphatic heterocycles. The van der Waals surface area contributed by atoms with E-state index in [4.69, 9.17) is 0 Å². The predicted octanol–water partition coefficient (Wildman–Crippen LogP) is 3.78. The summed E-state index contributed by atoms with van der Waals surface area (Å²) in [6, 6.07) is 8.96. The largest absolute Gasteiger partial charge is 0.137 e. The number of hydrogen-bond donors (Lipinski definition) is 0. The zero-order valence-corrected chi connectivity index (χ0v) is 11.6. The van der Waals surface area contributed by atoms with Gasteiger partial charge in [-0.05, 0) is 22.7 Å². The van der Waals surface area contributed by atoms with Crippen LogP contribution in [0, 0.1) is 0 Å². The molecule has 0 N–H and O–H groups in total. The fourth-order valence-corrected chi connectivity index (χ4v) is 1.86. The summed E-state index contributed by atoms with van der Waals surface area (Å²) in [4.78, 5) is 0. The summed E-state index contributed by atoms with van der Waals surface area (Å²) < 4.78 is 0. The van der Waals surface area contributed by atoms with E-state index in [1.54, 1.807) is 0 Å². The van der Waals surface area contributed by atoms with Gasteiger partial charge >= 0.3 is 0 Å². The molecule has 14 heavy (non-hydrogen) atoms. The van der Waals surface area contributed by atoms with Crippen molar-refractivity contribution >= 4 is 18.5 Å². The average Bonchev–Trinajstić information content (AvgIpc) is 2.15. The smallest absolute Gasteiger partial charge is 0.00198 e. The molecule has 3 unspecified atom stereocenters. The molecule has 0 saturated heterocycles. The van der Waals surface area contributed by atoms with E-state index in [2.05, 4.69) is 63.5 Å². The Hall–Kier alpha value is 0.0800. The lowest BCUT2D eigenvalue weighted by atomic mass is 9.86. The summed E-state index contributed by atoms with van der Waals surface area (Å²) in [5.74, 6) is 0. The Labute approximate surface area is 92.3 Å². The molecule has 0 saturated carbocycles. The first-order chi connectivity index (χ1) is 6.45. The van der Waals surface area contributed by atoms with E-state index in [1.807, 2.05) is 0 Å². The second-order valence-electron chi connectivity index (χ2n) is 4.71. The van der Waals surface area contributed by atoms with Crippen molar-refractivity contribution in [2.24, 2.45) is 0 Å². The normalized spacial score (nSPS) is 14.1. The van der Waals surface area contributed by atoms with Crippen LogP contribution in [-0.4, -0.2) is 6.16 Å². The van der Waals surface area contributed by atoms with Gasteiger partial charge in [0.1, 0.15) is 0 Å².